The van der Waals surface area contributed by atoms with Crippen molar-refractivity contribution in [3.63, 3.8) is 0 Å². The van der Waals surface area contributed by atoms with Crippen molar-refractivity contribution in [1.29, 1.82) is 0 Å². The lowest BCUT2D eigenvalue weighted by molar-refractivity contribution is 0.0349. The maximum Gasteiger partial charge on any atom is 0.128 e. The SMILES string of the molecule is CC(CCI)N(CCCO)CC[C@@H](C)OCc1ccccc1F. The third kappa shape index (κ3) is 8.42. The molecular formula is C18H29FINO2. The highest BCUT2D eigenvalue weighted by atomic mass is 127. The molecule has 0 aliphatic rings. The van der Waals surface area contributed by atoms with Crippen molar-refractivity contribution < 1.29 is 14.2 Å². The summed E-state index contributed by atoms with van der Waals surface area (Å²) in [5.41, 5.74) is 0.606. The van der Waals surface area contributed by atoms with E-state index in [1.165, 1.54) is 6.07 Å². The van der Waals surface area contributed by atoms with E-state index in [0.29, 0.717) is 18.2 Å². The lowest BCUT2D eigenvalue weighted by Gasteiger charge is -2.29. The molecule has 0 aliphatic heterocycles. The number of benzene rings is 1. The highest BCUT2D eigenvalue weighted by molar-refractivity contribution is 14.1. The van der Waals surface area contributed by atoms with Crippen molar-refractivity contribution >= 4 is 22.6 Å². The Balaban J connectivity index is 2.38. The molecule has 0 aromatic heterocycles. The summed E-state index contributed by atoms with van der Waals surface area (Å²) in [6, 6.07) is 7.26. The van der Waals surface area contributed by atoms with Gasteiger partial charge in [0, 0.05) is 35.7 Å². The van der Waals surface area contributed by atoms with E-state index in [2.05, 4.69) is 34.4 Å². The minimum atomic E-state index is -0.208. The highest BCUT2D eigenvalue weighted by Gasteiger charge is 2.14. The van der Waals surface area contributed by atoms with Crippen molar-refractivity contribution in [3.8, 4) is 0 Å². The molecule has 0 aliphatic carbocycles. The molecule has 2 atom stereocenters. The normalized spacial score (nSPS) is 14.2. The molecule has 0 fully saturated rings. The first-order valence-electron chi connectivity index (χ1n) is 8.34. The number of hydrogen-bond donors (Lipinski definition) is 1. The molecule has 0 radical (unpaired) electrons. The summed E-state index contributed by atoms with van der Waals surface area (Å²) in [7, 11) is 0. The van der Waals surface area contributed by atoms with Crippen LogP contribution in [0.15, 0.2) is 24.3 Å². The van der Waals surface area contributed by atoms with Crippen LogP contribution in [0.1, 0.15) is 38.7 Å². The number of aliphatic hydroxyl groups is 1. The van der Waals surface area contributed by atoms with Crippen LogP contribution in [0.2, 0.25) is 0 Å². The van der Waals surface area contributed by atoms with E-state index in [1.807, 2.05) is 13.0 Å². The summed E-state index contributed by atoms with van der Waals surface area (Å²) in [4.78, 5) is 2.41. The maximum atomic E-state index is 13.6. The second kappa shape index (κ2) is 12.2. The minimum Gasteiger partial charge on any atom is -0.396 e. The first kappa shape index (κ1) is 20.8. The summed E-state index contributed by atoms with van der Waals surface area (Å²) < 4.78 is 20.5. The van der Waals surface area contributed by atoms with Crippen LogP contribution in [0.5, 0.6) is 0 Å². The van der Waals surface area contributed by atoms with Gasteiger partial charge in [0.2, 0.25) is 0 Å². The van der Waals surface area contributed by atoms with E-state index in [-0.39, 0.29) is 18.5 Å². The van der Waals surface area contributed by atoms with Gasteiger partial charge in [0.15, 0.2) is 0 Å². The van der Waals surface area contributed by atoms with Gasteiger partial charge in [-0.15, -0.1) is 0 Å². The van der Waals surface area contributed by atoms with Crippen molar-refractivity contribution in [2.45, 2.75) is 51.9 Å². The molecule has 0 spiro atoms. The van der Waals surface area contributed by atoms with E-state index in [9.17, 15) is 4.39 Å². The van der Waals surface area contributed by atoms with Gasteiger partial charge < -0.3 is 14.7 Å². The van der Waals surface area contributed by atoms with Gasteiger partial charge in [0.25, 0.3) is 0 Å². The van der Waals surface area contributed by atoms with E-state index in [0.717, 1.165) is 36.8 Å². The Morgan fingerprint density at radius 1 is 1.22 bits per heavy atom. The largest absolute Gasteiger partial charge is 0.396 e. The van der Waals surface area contributed by atoms with Gasteiger partial charge in [-0.25, -0.2) is 4.39 Å². The first-order chi connectivity index (χ1) is 11.1. The fraction of sp³-hybridized carbons (Fsp3) is 0.667. The first-order valence-corrected chi connectivity index (χ1v) is 9.87. The average Bonchev–Trinajstić information content (AvgIpc) is 2.54. The van der Waals surface area contributed by atoms with Crippen LogP contribution < -0.4 is 0 Å². The van der Waals surface area contributed by atoms with Gasteiger partial charge in [0.1, 0.15) is 5.82 Å². The third-order valence-electron chi connectivity index (χ3n) is 4.06. The van der Waals surface area contributed by atoms with Crippen LogP contribution in [0.4, 0.5) is 4.39 Å². The molecule has 0 amide bonds. The summed E-state index contributed by atoms with van der Waals surface area (Å²) >= 11 is 2.40. The predicted octanol–water partition coefficient (Wildman–Crippen LogP) is 4.02. The second-order valence-corrected chi connectivity index (χ2v) is 7.02. The number of hydrogen-bond acceptors (Lipinski definition) is 3. The molecule has 0 heterocycles. The molecule has 0 saturated carbocycles. The van der Waals surface area contributed by atoms with E-state index in [1.54, 1.807) is 12.1 Å². The standard InChI is InChI=1S/C18H29FINO2/c1-15(8-10-20)21(11-5-13-22)12-9-16(2)23-14-17-6-3-4-7-18(17)19/h3-4,6-7,15-16,22H,5,8-14H2,1-2H3/t15?,16-/m1/s1. The number of ether oxygens (including phenoxy) is 1. The maximum absolute atomic E-state index is 13.6. The Morgan fingerprint density at radius 2 is 1.96 bits per heavy atom. The van der Waals surface area contributed by atoms with Gasteiger partial charge in [-0.3, -0.25) is 0 Å². The van der Waals surface area contributed by atoms with E-state index in [4.69, 9.17) is 9.84 Å². The number of halogens is 2. The van der Waals surface area contributed by atoms with Gasteiger partial charge >= 0.3 is 0 Å². The molecule has 1 aromatic carbocycles. The topological polar surface area (TPSA) is 32.7 Å². The number of alkyl halides is 1. The van der Waals surface area contributed by atoms with Crippen LogP contribution in [-0.2, 0) is 11.3 Å². The summed E-state index contributed by atoms with van der Waals surface area (Å²) in [5.74, 6) is -0.208. The predicted molar refractivity (Wildman–Crippen MR) is 102 cm³/mol. The Morgan fingerprint density at radius 3 is 2.61 bits per heavy atom. The van der Waals surface area contributed by atoms with E-state index < -0.39 is 0 Å². The Kier molecular flexibility index (Phi) is 11.0. The summed E-state index contributed by atoms with van der Waals surface area (Å²) in [6.45, 7) is 6.67. The second-order valence-electron chi connectivity index (χ2n) is 5.94. The molecule has 1 rings (SSSR count). The van der Waals surface area contributed by atoms with Crippen LogP contribution >= 0.6 is 22.6 Å². The zero-order valence-electron chi connectivity index (χ0n) is 14.2. The van der Waals surface area contributed by atoms with Gasteiger partial charge in [-0.1, -0.05) is 40.8 Å². The number of nitrogens with zero attached hydrogens (tertiary/aromatic N) is 1. The zero-order chi connectivity index (χ0) is 17.1. The fourth-order valence-electron chi connectivity index (χ4n) is 2.45. The van der Waals surface area contributed by atoms with Gasteiger partial charge in [-0.2, -0.15) is 0 Å². The highest BCUT2D eigenvalue weighted by Crippen LogP contribution is 2.13. The quantitative estimate of drug-likeness (QED) is 0.396. The lowest BCUT2D eigenvalue weighted by atomic mass is 10.1. The molecule has 0 saturated heterocycles. The van der Waals surface area contributed by atoms with Crippen LogP contribution in [0.25, 0.3) is 0 Å². The van der Waals surface area contributed by atoms with Crippen molar-refractivity contribution in [1.82, 2.24) is 4.90 Å². The molecule has 5 heteroatoms. The molecule has 1 unspecified atom stereocenters. The molecule has 0 bridgehead atoms. The average molecular weight is 437 g/mol. The monoisotopic (exact) mass is 437 g/mol. The number of aliphatic hydroxyl groups excluding tert-OH is 1. The molecule has 132 valence electrons. The lowest BCUT2D eigenvalue weighted by Crippen LogP contribution is -2.36. The van der Waals surface area contributed by atoms with Crippen LogP contribution in [0.3, 0.4) is 0 Å². The Hall–Kier alpha value is -0.240. The van der Waals surface area contributed by atoms with Crippen LogP contribution in [0, 0.1) is 5.82 Å². The van der Waals surface area contributed by atoms with Crippen molar-refractivity contribution in [3.05, 3.63) is 35.6 Å². The third-order valence-corrected chi connectivity index (χ3v) is 4.68. The number of rotatable bonds is 12. The van der Waals surface area contributed by atoms with E-state index >= 15 is 0 Å². The smallest absolute Gasteiger partial charge is 0.128 e. The molecule has 3 nitrogen and oxygen atoms in total. The Labute approximate surface area is 153 Å². The van der Waals surface area contributed by atoms with Crippen molar-refractivity contribution in [2.24, 2.45) is 0 Å². The minimum absolute atomic E-state index is 0.0815. The Bertz CT molecular complexity index is 433. The molecule has 23 heavy (non-hydrogen) atoms. The molecular weight excluding hydrogens is 408 g/mol. The summed E-state index contributed by atoms with van der Waals surface area (Å²) in [6.07, 6.45) is 2.94. The molecule has 1 N–H and O–H groups in total. The zero-order valence-corrected chi connectivity index (χ0v) is 16.3. The summed E-state index contributed by atoms with van der Waals surface area (Å²) in [5, 5.41) is 9.05. The van der Waals surface area contributed by atoms with Crippen molar-refractivity contribution in [2.75, 3.05) is 24.1 Å². The van der Waals surface area contributed by atoms with Crippen LogP contribution in [-0.4, -0.2) is 46.3 Å². The van der Waals surface area contributed by atoms with Gasteiger partial charge in [0.05, 0.1) is 12.7 Å². The van der Waals surface area contributed by atoms with Gasteiger partial charge in [-0.05, 0) is 39.2 Å². The molecule has 1 aromatic rings. The fourth-order valence-corrected chi connectivity index (χ4v) is 3.35.